The molecule has 0 aromatic carbocycles. The molecule has 2 N–H and O–H groups in total. The number of hydrogen-bond acceptors (Lipinski definition) is 3. The van der Waals surface area contributed by atoms with Crippen LogP contribution in [-0.2, 0) is 0 Å². The van der Waals surface area contributed by atoms with E-state index in [0.29, 0.717) is 5.82 Å². The molecule has 130 valence electrons. The predicted molar refractivity (Wildman–Crippen MR) is 104 cm³/mol. The van der Waals surface area contributed by atoms with Crippen molar-refractivity contribution < 1.29 is 4.39 Å². The van der Waals surface area contributed by atoms with Crippen molar-refractivity contribution in [3.8, 4) is 0 Å². The van der Waals surface area contributed by atoms with Crippen LogP contribution in [-0.4, -0.2) is 43.2 Å². The van der Waals surface area contributed by atoms with Gasteiger partial charge < -0.3 is 15.5 Å². The Morgan fingerprint density at radius 1 is 1.48 bits per heavy atom. The van der Waals surface area contributed by atoms with Gasteiger partial charge in [0.2, 0.25) is 0 Å². The fourth-order valence-corrected chi connectivity index (χ4v) is 2.54. The maximum Gasteiger partial charge on any atom is 0.191 e. The molecule has 0 spiro atoms. The monoisotopic (exact) mass is 435 g/mol. The normalized spacial score (nSPS) is 17.8. The minimum absolute atomic E-state index is 0. The van der Waals surface area contributed by atoms with Crippen molar-refractivity contribution in [3.05, 3.63) is 24.1 Å². The number of rotatable bonds is 6. The molecule has 1 atom stereocenters. The molecule has 0 amide bonds. The molecule has 1 aromatic rings. The van der Waals surface area contributed by atoms with Crippen molar-refractivity contribution in [3.63, 3.8) is 0 Å². The van der Waals surface area contributed by atoms with Gasteiger partial charge in [-0.05, 0) is 31.9 Å². The largest absolute Gasteiger partial charge is 0.357 e. The highest BCUT2D eigenvalue weighted by Crippen LogP contribution is 2.20. The first-order chi connectivity index (χ1) is 10.7. The maximum absolute atomic E-state index is 13.8. The lowest BCUT2D eigenvalue weighted by Gasteiger charge is -2.19. The highest BCUT2D eigenvalue weighted by Gasteiger charge is 2.25. The molecule has 2 rings (SSSR count). The number of halogens is 2. The van der Waals surface area contributed by atoms with E-state index in [1.807, 2.05) is 4.90 Å². The number of guanidine groups is 1. The van der Waals surface area contributed by atoms with Crippen molar-refractivity contribution in [1.82, 2.24) is 15.6 Å². The summed E-state index contributed by atoms with van der Waals surface area (Å²) in [6.07, 6.45) is 4.81. The van der Waals surface area contributed by atoms with Gasteiger partial charge in [0.15, 0.2) is 17.6 Å². The van der Waals surface area contributed by atoms with Gasteiger partial charge in [0, 0.05) is 38.4 Å². The average molecular weight is 435 g/mol. The summed E-state index contributed by atoms with van der Waals surface area (Å²) in [7, 11) is 0. The molecule has 0 radical (unpaired) electrons. The zero-order valence-electron chi connectivity index (χ0n) is 13.9. The van der Waals surface area contributed by atoms with Crippen LogP contribution in [0.3, 0.4) is 0 Å². The van der Waals surface area contributed by atoms with Gasteiger partial charge in [0.25, 0.3) is 0 Å². The van der Waals surface area contributed by atoms with Crippen molar-refractivity contribution >= 4 is 35.8 Å². The second-order valence-electron chi connectivity index (χ2n) is 5.50. The smallest absolute Gasteiger partial charge is 0.191 e. The molecule has 0 aliphatic carbocycles. The first kappa shape index (κ1) is 19.9. The van der Waals surface area contributed by atoms with Crippen LogP contribution in [0.4, 0.5) is 10.2 Å². The number of hydrogen-bond donors (Lipinski definition) is 2. The van der Waals surface area contributed by atoms with Gasteiger partial charge in [0.05, 0.1) is 0 Å². The average Bonchev–Trinajstić information content (AvgIpc) is 2.96. The summed E-state index contributed by atoms with van der Waals surface area (Å²) in [6.45, 7) is 7.43. The maximum atomic E-state index is 13.8. The molecule has 23 heavy (non-hydrogen) atoms. The lowest BCUT2D eigenvalue weighted by atomic mass is 10.3. The summed E-state index contributed by atoms with van der Waals surface area (Å²) in [5.41, 5.74) is 0. The molecule has 2 heterocycles. The molecule has 0 bridgehead atoms. The summed E-state index contributed by atoms with van der Waals surface area (Å²) in [4.78, 5) is 10.7. The molecule has 1 aromatic heterocycles. The third-order valence-electron chi connectivity index (χ3n) is 3.69. The molecule has 1 aliphatic rings. The first-order valence-corrected chi connectivity index (χ1v) is 8.14. The number of pyridine rings is 1. The Balaban J connectivity index is 0.00000264. The van der Waals surface area contributed by atoms with Gasteiger partial charge in [-0.2, -0.15) is 0 Å². The number of aromatic nitrogens is 1. The van der Waals surface area contributed by atoms with Crippen LogP contribution >= 0.6 is 24.0 Å². The van der Waals surface area contributed by atoms with E-state index in [1.54, 1.807) is 12.3 Å². The Morgan fingerprint density at radius 2 is 2.30 bits per heavy atom. The van der Waals surface area contributed by atoms with Gasteiger partial charge in [-0.15, -0.1) is 24.0 Å². The number of nitrogens with zero attached hydrogens (tertiary/aromatic N) is 3. The molecule has 5 nitrogen and oxygen atoms in total. The van der Waals surface area contributed by atoms with E-state index in [1.165, 1.54) is 6.07 Å². The SMILES string of the molecule is CCCCN=C(NCC)NC1CCN(c2ncccc2F)C1.I. The first-order valence-electron chi connectivity index (χ1n) is 8.14. The van der Waals surface area contributed by atoms with Gasteiger partial charge in [-0.1, -0.05) is 13.3 Å². The Hall–Kier alpha value is -1.12. The van der Waals surface area contributed by atoms with Crippen molar-refractivity contribution in [2.75, 3.05) is 31.1 Å². The highest BCUT2D eigenvalue weighted by molar-refractivity contribution is 14.0. The summed E-state index contributed by atoms with van der Waals surface area (Å²) < 4.78 is 13.8. The summed E-state index contributed by atoms with van der Waals surface area (Å²) in [6, 6.07) is 3.34. The van der Waals surface area contributed by atoms with Gasteiger partial charge >= 0.3 is 0 Å². The Labute approximate surface area is 155 Å². The van der Waals surface area contributed by atoms with Crippen molar-refractivity contribution in [2.45, 2.75) is 39.2 Å². The highest BCUT2D eigenvalue weighted by atomic mass is 127. The van der Waals surface area contributed by atoms with Crippen LogP contribution in [0, 0.1) is 5.82 Å². The van der Waals surface area contributed by atoms with Crippen LogP contribution in [0.2, 0.25) is 0 Å². The number of aliphatic imine (C=N–C) groups is 1. The number of anilines is 1. The molecular weight excluding hydrogens is 408 g/mol. The zero-order valence-corrected chi connectivity index (χ0v) is 16.2. The van der Waals surface area contributed by atoms with E-state index in [-0.39, 0.29) is 35.8 Å². The topological polar surface area (TPSA) is 52.6 Å². The fraction of sp³-hybridized carbons (Fsp3) is 0.625. The Kier molecular flexibility index (Phi) is 9.20. The van der Waals surface area contributed by atoms with Crippen LogP contribution in [0.15, 0.2) is 23.3 Å². The molecule has 1 fully saturated rings. The molecular formula is C16H27FIN5. The number of unbranched alkanes of at least 4 members (excludes halogenated alkanes) is 1. The summed E-state index contributed by atoms with van der Waals surface area (Å²) in [5.74, 6) is 1.04. The molecule has 1 unspecified atom stereocenters. The molecule has 1 aliphatic heterocycles. The fourth-order valence-electron chi connectivity index (χ4n) is 2.54. The third kappa shape index (κ3) is 6.12. The van der Waals surface area contributed by atoms with E-state index < -0.39 is 0 Å². The standard InChI is InChI=1S/C16H26FN5.HI/c1-3-5-9-20-16(18-4-2)21-13-8-11-22(12-13)15-14(17)7-6-10-19-15;/h6-7,10,13H,3-5,8-9,11-12H2,1-2H3,(H2,18,20,21);1H. The van der Waals surface area contributed by atoms with Crippen molar-refractivity contribution in [1.29, 1.82) is 0 Å². The number of nitrogens with one attached hydrogen (secondary N) is 2. The minimum atomic E-state index is -0.258. The van der Waals surface area contributed by atoms with Crippen molar-refractivity contribution in [2.24, 2.45) is 4.99 Å². The van der Waals surface area contributed by atoms with E-state index in [2.05, 4.69) is 34.5 Å². The third-order valence-corrected chi connectivity index (χ3v) is 3.69. The second-order valence-corrected chi connectivity index (χ2v) is 5.50. The molecule has 7 heteroatoms. The van der Waals surface area contributed by atoms with Gasteiger partial charge in [-0.3, -0.25) is 4.99 Å². The Morgan fingerprint density at radius 3 is 3.00 bits per heavy atom. The minimum Gasteiger partial charge on any atom is -0.357 e. The molecule has 1 saturated heterocycles. The van der Waals surface area contributed by atoms with E-state index in [4.69, 9.17) is 0 Å². The summed E-state index contributed by atoms with van der Waals surface area (Å²) >= 11 is 0. The van der Waals surface area contributed by atoms with E-state index in [0.717, 1.165) is 51.4 Å². The van der Waals surface area contributed by atoms with Crippen LogP contribution in [0.5, 0.6) is 0 Å². The summed E-state index contributed by atoms with van der Waals surface area (Å²) in [5, 5.41) is 6.71. The lowest BCUT2D eigenvalue weighted by Crippen LogP contribution is -2.44. The van der Waals surface area contributed by atoms with E-state index >= 15 is 0 Å². The van der Waals surface area contributed by atoms with Gasteiger partial charge in [-0.25, -0.2) is 9.37 Å². The second kappa shape index (κ2) is 10.6. The predicted octanol–water partition coefficient (Wildman–Crippen LogP) is 2.77. The molecule has 0 saturated carbocycles. The van der Waals surface area contributed by atoms with Gasteiger partial charge in [0.1, 0.15) is 0 Å². The van der Waals surface area contributed by atoms with Crippen LogP contribution < -0.4 is 15.5 Å². The van der Waals surface area contributed by atoms with E-state index in [9.17, 15) is 4.39 Å². The zero-order chi connectivity index (χ0) is 15.8. The van der Waals surface area contributed by atoms with Crippen LogP contribution in [0.1, 0.15) is 33.1 Å². The lowest BCUT2D eigenvalue weighted by molar-refractivity contribution is 0.612. The Bertz CT molecular complexity index is 497. The quantitative estimate of drug-likeness (QED) is 0.312. The van der Waals surface area contributed by atoms with Crippen LogP contribution in [0.25, 0.3) is 0 Å².